The number of esters is 1. The molecule has 10 amide bonds. The van der Waals surface area contributed by atoms with Crippen LogP contribution in [0.1, 0.15) is 91.0 Å². The summed E-state index contributed by atoms with van der Waals surface area (Å²) in [6.07, 6.45) is 8.07. The number of epoxide rings is 1. The SMILES string of the molecule is CNC(=O)CC(OC(=O)C(C)N(C)C)C1(C)OC1C(C)C1CC(O)(C(/C=C/C=C(\C)Cc2ccc(Cl)c(OC)c2)OC)NC(=O)O1.CSCCCC(=O)NC(CC(N)=O)C(=O)N[C@H](CCCCN)C(=O)NCCNC(=O)CCN1C(=O)C=CC1=O.NC=O. The molecule has 2 fully saturated rings. The lowest BCUT2D eigenvalue weighted by Crippen LogP contribution is -2.63. The normalized spacial score (nSPS) is 20.6. The molecule has 30 heteroatoms. The number of nitrogens with one attached hydrogen (secondary N) is 6. The Labute approximate surface area is 523 Å². The fourth-order valence-electron chi connectivity index (χ4n) is 9.13. The molecule has 1 aromatic rings. The lowest BCUT2D eigenvalue weighted by molar-refractivity contribution is -0.158. The smallest absolute Gasteiger partial charge is 0.409 e. The van der Waals surface area contributed by atoms with Gasteiger partial charge in [0.2, 0.25) is 41.9 Å². The zero-order valence-corrected chi connectivity index (χ0v) is 53.4. The lowest BCUT2D eigenvalue weighted by atomic mass is 9.83. The summed E-state index contributed by atoms with van der Waals surface area (Å²) >= 11 is 7.71. The molecule has 9 unspecified atom stereocenters. The topological polar surface area (TPSA) is 414 Å². The second-order valence-corrected chi connectivity index (χ2v) is 22.7. The minimum absolute atomic E-state index is 0.0104. The molecule has 3 aliphatic heterocycles. The summed E-state index contributed by atoms with van der Waals surface area (Å²) in [5.74, 6) is -3.65. The number of hydrogen-bond acceptors (Lipinski definition) is 20. The van der Waals surface area contributed by atoms with E-state index in [1.807, 2.05) is 38.3 Å². The maximum atomic E-state index is 12.9. The molecule has 0 radical (unpaired) electrons. The highest BCUT2D eigenvalue weighted by Crippen LogP contribution is 2.49. The summed E-state index contributed by atoms with van der Waals surface area (Å²) in [4.78, 5) is 134. The number of carbonyl (C=O) groups excluding carboxylic acids is 11. The highest BCUT2D eigenvalue weighted by molar-refractivity contribution is 7.98. The number of allylic oxidation sites excluding steroid dienone is 3. The van der Waals surface area contributed by atoms with E-state index in [2.05, 4.69) is 37.6 Å². The van der Waals surface area contributed by atoms with Gasteiger partial charge in [-0.15, -0.1) is 0 Å². The van der Waals surface area contributed by atoms with Crippen LogP contribution in [-0.2, 0) is 73.3 Å². The summed E-state index contributed by atoms with van der Waals surface area (Å²) in [6.45, 7) is 7.74. The minimum atomic E-state index is -1.79. The Morgan fingerprint density at radius 3 is 2.20 bits per heavy atom. The third-order valence-corrected chi connectivity index (χ3v) is 15.4. The van der Waals surface area contributed by atoms with Crippen LogP contribution < -0.4 is 53.8 Å². The predicted molar refractivity (Wildman–Crippen MR) is 327 cm³/mol. The van der Waals surface area contributed by atoms with Crippen molar-refractivity contribution in [1.82, 2.24) is 41.7 Å². The highest BCUT2D eigenvalue weighted by Gasteiger charge is 2.64. The van der Waals surface area contributed by atoms with Crippen LogP contribution >= 0.6 is 23.4 Å². The minimum Gasteiger partial charge on any atom is -0.495 e. The second-order valence-electron chi connectivity index (χ2n) is 21.3. The molecule has 28 nitrogen and oxygen atoms in total. The van der Waals surface area contributed by atoms with Gasteiger partial charge >= 0.3 is 12.1 Å². The molecule has 3 aliphatic rings. The molecule has 88 heavy (non-hydrogen) atoms. The van der Waals surface area contributed by atoms with Crippen LogP contribution in [-0.4, -0.2) is 208 Å². The fourth-order valence-corrected chi connectivity index (χ4v) is 9.76. The number of imide groups is 1. The number of carbonyl (C=O) groups is 11. The molecule has 10 atom stereocenters. The van der Waals surface area contributed by atoms with Crippen LogP contribution in [0.3, 0.4) is 0 Å². The quantitative estimate of drug-likeness (QED) is 0.0108. The van der Waals surface area contributed by atoms with E-state index < -0.39 is 120 Å². The zero-order chi connectivity index (χ0) is 66.3. The third kappa shape index (κ3) is 25.9. The Bertz CT molecular complexity index is 2630. The van der Waals surface area contributed by atoms with Crippen molar-refractivity contribution in [2.45, 2.75) is 146 Å². The first-order chi connectivity index (χ1) is 41.6. The number of rotatable bonds is 35. The van der Waals surface area contributed by atoms with E-state index in [0.29, 0.717) is 43.0 Å². The second kappa shape index (κ2) is 39.0. The van der Waals surface area contributed by atoms with E-state index in [4.69, 9.17) is 51.5 Å². The molecular weight excluding hydrogens is 1190 g/mol. The van der Waals surface area contributed by atoms with Crippen LogP contribution in [0.4, 0.5) is 4.79 Å². The van der Waals surface area contributed by atoms with Crippen molar-refractivity contribution in [1.29, 1.82) is 0 Å². The van der Waals surface area contributed by atoms with Gasteiger partial charge in [-0.25, -0.2) is 4.79 Å². The number of halogens is 1. The standard InChI is InChI=1S/C33H48ClN3O9.C24H39N7O7S.CH3NO/c1-19(15-22-13-14-23(34)24(16-22)42-8)11-10-12-26(43-9)33(41)18-25(44-31(40)36-33)20(2)29-32(4,46-29)27(17-28(38)35-5)45-30(39)21(3)37(6)7;1-39-14-4-6-20(34)29-17(15-18(26)32)24(38)30-16(5-2-3-10-25)23(37)28-12-11-27-19(33)9-13-31-21(35)7-8-22(31)36;2-1-3/h10-14,16,20-21,25-27,29,41H,15,17-18H2,1-9H3,(H,35,38)(H,36,40);7-8,16-17H,2-6,9-15,25H2,1H3,(H2,26,32)(H,27,33)(H,28,37)(H,29,34)(H,30,38);1H,(H2,2,3)/b12-10+,19-11+;;/t;16-,17?;/m.1./s1. The molecule has 13 N–H and O–H groups in total. The number of thioether (sulfide) groups is 1. The van der Waals surface area contributed by atoms with Gasteiger partial charge in [0, 0.05) is 71.1 Å². The van der Waals surface area contributed by atoms with Crippen molar-refractivity contribution < 1.29 is 81.5 Å². The van der Waals surface area contributed by atoms with E-state index in [1.165, 1.54) is 14.2 Å². The Hall–Kier alpha value is -7.15. The van der Waals surface area contributed by atoms with Crippen molar-refractivity contribution >= 4 is 89.1 Å². The van der Waals surface area contributed by atoms with E-state index in [-0.39, 0.29) is 64.1 Å². The van der Waals surface area contributed by atoms with Gasteiger partial charge in [0.05, 0.1) is 31.1 Å². The van der Waals surface area contributed by atoms with Crippen molar-refractivity contribution in [2.24, 2.45) is 23.1 Å². The molecule has 0 aromatic heterocycles. The Balaban J connectivity index is 0.000000582. The number of likely N-dealkylation sites (N-methyl/N-ethyl adjacent to an activating group) is 1. The van der Waals surface area contributed by atoms with Crippen LogP contribution in [0.2, 0.25) is 5.02 Å². The molecule has 0 aliphatic carbocycles. The molecule has 1 aromatic carbocycles. The van der Waals surface area contributed by atoms with Gasteiger partial charge in [-0.05, 0) is 103 Å². The first kappa shape index (κ1) is 76.9. The van der Waals surface area contributed by atoms with Gasteiger partial charge < -0.3 is 72.6 Å². The summed E-state index contributed by atoms with van der Waals surface area (Å²) in [6, 6.07) is 2.86. The highest BCUT2D eigenvalue weighted by atomic mass is 35.5. The number of primary amides is 2. The molecule has 0 bridgehead atoms. The number of hydrogen-bond donors (Lipinski definition) is 10. The number of ether oxygens (including phenoxy) is 5. The molecule has 0 spiro atoms. The average Bonchev–Trinajstić information content (AvgIpc) is 1.58. The van der Waals surface area contributed by atoms with Crippen LogP contribution in [0, 0.1) is 5.92 Å². The Morgan fingerprint density at radius 1 is 0.955 bits per heavy atom. The lowest BCUT2D eigenvalue weighted by Gasteiger charge is -2.42. The number of alkyl carbamates (subject to hydrolysis) is 1. The number of benzene rings is 1. The van der Waals surface area contributed by atoms with Gasteiger partial charge in [0.1, 0.15) is 47.8 Å². The zero-order valence-electron chi connectivity index (χ0n) is 51.8. The van der Waals surface area contributed by atoms with Gasteiger partial charge in [0.15, 0.2) is 5.72 Å². The number of cyclic esters (lactones) is 1. The number of unbranched alkanes of at least 4 members (excludes halogenated alkanes) is 1. The third-order valence-electron chi connectivity index (χ3n) is 14.4. The van der Waals surface area contributed by atoms with Crippen LogP contribution in [0.5, 0.6) is 5.75 Å². The summed E-state index contributed by atoms with van der Waals surface area (Å²) in [7, 11) is 8.02. The number of nitrogens with zero attached hydrogens (tertiary/aromatic N) is 2. The molecule has 4 rings (SSSR count). The van der Waals surface area contributed by atoms with E-state index in [1.54, 1.807) is 69.9 Å². The molecule has 0 saturated carbocycles. The molecule has 492 valence electrons. The molecule has 2 saturated heterocycles. The fraction of sp³-hybridized carbons (Fsp3) is 0.603. The molecule has 3 heterocycles. The van der Waals surface area contributed by atoms with Gasteiger partial charge in [-0.3, -0.25) is 63.1 Å². The van der Waals surface area contributed by atoms with Crippen molar-refractivity contribution in [2.75, 3.05) is 73.6 Å². The Kier molecular flexibility index (Phi) is 34.1. The van der Waals surface area contributed by atoms with Crippen LogP contribution in [0.15, 0.2) is 54.2 Å². The predicted octanol–water partition coefficient (Wildman–Crippen LogP) is 0.140. The summed E-state index contributed by atoms with van der Waals surface area (Å²) < 4.78 is 28.4. The van der Waals surface area contributed by atoms with Crippen molar-refractivity contribution in [3.8, 4) is 5.75 Å². The van der Waals surface area contributed by atoms with Crippen molar-refractivity contribution in [3.05, 3.63) is 64.7 Å². The summed E-state index contributed by atoms with van der Waals surface area (Å²) in [5.41, 5.74) is 14.2. The van der Waals surface area contributed by atoms with Gasteiger partial charge in [0.25, 0.3) is 11.8 Å². The summed E-state index contributed by atoms with van der Waals surface area (Å²) in [5, 5.41) is 27.5. The number of aliphatic hydroxyl groups is 1. The maximum Gasteiger partial charge on any atom is 0.409 e. The Morgan fingerprint density at radius 2 is 1.61 bits per heavy atom. The molecular formula is C58H90ClN11O17S. The maximum absolute atomic E-state index is 12.9. The largest absolute Gasteiger partial charge is 0.495 e. The van der Waals surface area contributed by atoms with E-state index >= 15 is 0 Å². The monoisotopic (exact) mass is 1280 g/mol. The first-order valence-corrected chi connectivity index (χ1v) is 30.3. The average molecular weight is 1280 g/mol. The van der Waals surface area contributed by atoms with Crippen LogP contribution in [0.25, 0.3) is 0 Å². The van der Waals surface area contributed by atoms with Gasteiger partial charge in [-0.1, -0.05) is 48.4 Å². The van der Waals surface area contributed by atoms with E-state index in [0.717, 1.165) is 33.9 Å². The van der Waals surface area contributed by atoms with E-state index in [9.17, 15) is 53.1 Å². The first-order valence-electron chi connectivity index (χ1n) is 28.5. The number of amides is 10. The van der Waals surface area contributed by atoms with Crippen molar-refractivity contribution in [3.63, 3.8) is 0 Å². The van der Waals surface area contributed by atoms with Gasteiger partial charge in [-0.2, -0.15) is 11.8 Å². The number of methoxy groups -OCH3 is 2. The number of nitrogens with two attached hydrogens (primary N) is 3.